The number of nitrogens with one attached hydrogen (secondary N) is 2. The fourth-order valence-electron chi connectivity index (χ4n) is 6.57. The molecular weight excluding hydrogens is 639 g/mol. The second-order valence-corrected chi connectivity index (χ2v) is 13.0. The molecule has 5 aliphatic rings. The van der Waals surface area contributed by atoms with Gasteiger partial charge in [0.25, 0.3) is 11.8 Å². The molecule has 5 heterocycles. The number of fused-ring (bicyclic) bond motifs is 5. The van der Waals surface area contributed by atoms with Crippen LogP contribution in [0.1, 0.15) is 65.7 Å². The van der Waals surface area contributed by atoms with Gasteiger partial charge in [-0.2, -0.15) is 13.2 Å². The van der Waals surface area contributed by atoms with Crippen LogP contribution in [0.2, 0.25) is 0 Å². The van der Waals surface area contributed by atoms with Crippen molar-refractivity contribution >= 4 is 44.2 Å². The predicted molar refractivity (Wildman–Crippen MR) is 156 cm³/mol. The molecule has 46 heavy (non-hydrogen) atoms. The van der Waals surface area contributed by atoms with E-state index in [1.165, 1.54) is 18.4 Å². The third-order valence-electron chi connectivity index (χ3n) is 9.15. The van der Waals surface area contributed by atoms with Gasteiger partial charge in [0, 0.05) is 19.2 Å². The highest BCUT2D eigenvalue weighted by molar-refractivity contribution is 7.22. The number of amides is 2. The predicted octanol–water partition coefficient (Wildman–Crippen LogP) is 6.24. The Bertz CT molecular complexity index is 1700. The third kappa shape index (κ3) is 5.24. The number of anilines is 2. The fourth-order valence-corrected chi connectivity index (χ4v) is 7.72. The van der Waals surface area contributed by atoms with Crippen LogP contribution in [-0.4, -0.2) is 67.2 Å². The molecule has 10 nitrogen and oxygen atoms in total. The standard InChI is InChI=1S/C30H29F5N4O6S/c1-42-19-6-5-17-23(46-26(37-17)39-11-3-2-4-12-39)22(19)25(41)36-18-14-21-20(44-30(34,35)45-21)13-16(18)24(40)38-27-7-9-28(10-8-27,43-15-27)29(31,32)33/h5-6,13-14H,2-4,7-12,15H2,1H3,(H,36,41)(H,38,40). The van der Waals surface area contributed by atoms with Gasteiger partial charge in [-0.25, -0.2) is 4.98 Å². The molecule has 3 aromatic rings. The molecule has 4 aliphatic heterocycles. The summed E-state index contributed by atoms with van der Waals surface area (Å²) in [7, 11) is 1.40. The SMILES string of the molecule is COc1ccc2nc(N3CCCCC3)sc2c1C(=O)Nc1cc2c(cc1C(=O)NC13CCC(C(F)(F)F)(CC1)OC3)OC(F)(F)O2. The zero-order valence-corrected chi connectivity index (χ0v) is 25.3. The van der Waals surface area contributed by atoms with Crippen molar-refractivity contribution < 1.29 is 50.5 Å². The Morgan fingerprint density at radius 2 is 1.70 bits per heavy atom. The molecule has 1 aromatic heterocycles. The summed E-state index contributed by atoms with van der Waals surface area (Å²) in [6.07, 6.45) is -6.09. The van der Waals surface area contributed by atoms with Crippen LogP contribution in [0, 0.1) is 0 Å². The second kappa shape index (κ2) is 10.8. The first-order valence-electron chi connectivity index (χ1n) is 14.8. The van der Waals surface area contributed by atoms with E-state index in [1.54, 1.807) is 12.1 Å². The lowest BCUT2D eigenvalue weighted by Gasteiger charge is -2.53. The van der Waals surface area contributed by atoms with Gasteiger partial charge in [0.2, 0.25) is 0 Å². The highest BCUT2D eigenvalue weighted by atomic mass is 32.1. The van der Waals surface area contributed by atoms with Gasteiger partial charge in [0.15, 0.2) is 22.2 Å². The van der Waals surface area contributed by atoms with E-state index in [9.17, 15) is 31.5 Å². The number of hydrogen-bond acceptors (Lipinski definition) is 9. The normalized spacial score (nSPS) is 25.0. The third-order valence-corrected chi connectivity index (χ3v) is 10.3. The molecule has 2 N–H and O–H groups in total. The number of halogens is 5. The first-order valence-corrected chi connectivity index (χ1v) is 15.6. The number of alkyl halides is 5. The number of carbonyl (C=O) groups is 2. The zero-order chi connectivity index (χ0) is 32.5. The monoisotopic (exact) mass is 668 g/mol. The summed E-state index contributed by atoms with van der Waals surface area (Å²) >= 11 is 1.32. The second-order valence-electron chi connectivity index (χ2n) is 12.0. The van der Waals surface area contributed by atoms with Gasteiger partial charge in [0.05, 0.1) is 40.7 Å². The van der Waals surface area contributed by atoms with Gasteiger partial charge in [-0.3, -0.25) is 9.59 Å². The van der Waals surface area contributed by atoms with E-state index in [-0.39, 0.29) is 54.9 Å². The van der Waals surface area contributed by atoms with Crippen molar-refractivity contribution in [2.24, 2.45) is 0 Å². The summed E-state index contributed by atoms with van der Waals surface area (Å²) < 4.78 is 89.5. The summed E-state index contributed by atoms with van der Waals surface area (Å²) in [6.45, 7) is 1.29. The molecule has 246 valence electrons. The first-order chi connectivity index (χ1) is 21.8. The molecule has 2 bridgehead atoms. The number of ether oxygens (including phenoxy) is 4. The largest absolute Gasteiger partial charge is 0.586 e. The van der Waals surface area contributed by atoms with Crippen LogP contribution in [0.3, 0.4) is 0 Å². The maximum atomic E-state index is 14.0. The summed E-state index contributed by atoms with van der Waals surface area (Å²) in [5.41, 5.74) is -3.13. The Labute approximate surface area is 263 Å². The van der Waals surface area contributed by atoms with Gasteiger partial charge < -0.3 is 34.5 Å². The summed E-state index contributed by atoms with van der Waals surface area (Å²) in [5.74, 6) is -2.16. The average molecular weight is 669 g/mol. The lowest BCUT2D eigenvalue weighted by molar-refractivity contribution is -0.317. The highest BCUT2D eigenvalue weighted by Gasteiger charge is 2.63. The number of carbonyl (C=O) groups excluding carboxylic acids is 2. The Hall–Kier alpha value is -3.92. The van der Waals surface area contributed by atoms with E-state index < -0.39 is 46.9 Å². The molecule has 2 aromatic carbocycles. The molecular formula is C30H29F5N4O6S. The molecule has 0 unspecified atom stereocenters. The molecule has 8 rings (SSSR count). The Kier molecular flexibility index (Phi) is 7.23. The van der Waals surface area contributed by atoms with Crippen molar-refractivity contribution in [1.29, 1.82) is 0 Å². The zero-order valence-electron chi connectivity index (χ0n) is 24.5. The van der Waals surface area contributed by atoms with Crippen LogP contribution >= 0.6 is 11.3 Å². The molecule has 1 saturated carbocycles. The average Bonchev–Trinajstić information content (AvgIpc) is 3.59. The number of benzene rings is 2. The minimum atomic E-state index is -4.56. The van der Waals surface area contributed by atoms with Crippen molar-refractivity contribution in [2.45, 2.75) is 68.6 Å². The van der Waals surface area contributed by atoms with Crippen LogP contribution in [0.15, 0.2) is 24.3 Å². The van der Waals surface area contributed by atoms with Crippen molar-refractivity contribution in [3.8, 4) is 17.2 Å². The number of piperidine rings is 1. The number of methoxy groups -OCH3 is 1. The number of hydrogen-bond donors (Lipinski definition) is 2. The van der Waals surface area contributed by atoms with Crippen LogP contribution in [-0.2, 0) is 4.74 Å². The molecule has 1 aliphatic carbocycles. The number of thiazole rings is 1. The number of nitrogens with zero attached hydrogens (tertiary/aromatic N) is 2. The fraction of sp³-hybridized carbons (Fsp3) is 0.500. The van der Waals surface area contributed by atoms with Crippen LogP contribution in [0.5, 0.6) is 17.2 Å². The number of aromatic nitrogens is 1. The molecule has 0 spiro atoms. The first kappa shape index (κ1) is 30.7. The lowest BCUT2D eigenvalue weighted by atomic mass is 9.70. The van der Waals surface area contributed by atoms with Gasteiger partial charge in [-0.1, -0.05) is 11.3 Å². The summed E-state index contributed by atoms with van der Waals surface area (Å²) in [6, 6.07) is 5.38. The van der Waals surface area contributed by atoms with Crippen LogP contribution < -0.4 is 29.7 Å². The molecule has 0 atom stereocenters. The minimum absolute atomic E-state index is 0.00745. The highest BCUT2D eigenvalue weighted by Crippen LogP contribution is 2.52. The molecule has 16 heteroatoms. The van der Waals surface area contributed by atoms with Gasteiger partial charge in [-0.05, 0) is 63.1 Å². The smallest absolute Gasteiger partial charge is 0.496 e. The van der Waals surface area contributed by atoms with Crippen molar-refractivity contribution in [2.75, 3.05) is 37.0 Å². The molecule has 0 radical (unpaired) electrons. The summed E-state index contributed by atoms with van der Waals surface area (Å²) in [5, 5.41) is 6.16. The van der Waals surface area contributed by atoms with E-state index >= 15 is 0 Å². The number of rotatable bonds is 6. The van der Waals surface area contributed by atoms with Crippen LogP contribution in [0.25, 0.3) is 10.2 Å². The quantitative estimate of drug-likeness (QED) is 0.297. The van der Waals surface area contributed by atoms with Crippen molar-refractivity contribution in [1.82, 2.24) is 10.3 Å². The minimum Gasteiger partial charge on any atom is -0.496 e. The molecule has 2 amide bonds. The summed E-state index contributed by atoms with van der Waals surface area (Å²) in [4.78, 5) is 34.5. The van der Waals surface area contributed by atoms with E-state index in [2.05, 4.69) is 25.0 Å². The van der Waals surface area contributed by atoms with Gasteiger partial charge >= 0.3 is 12.5 Å². The maximum absolute atomic E-state index is 14.0. The van der Waals surface area contributed by atoms with Gasteiger partial charge in [-0.15, -0.1) is 8.78 Å². The van der Waals surface area contributed by atoms with Crippen molar-refractivity contribution in [3.05, 3.63) is 35.4 Å². The van der Waals surface area contributed by atoms with E-state index in [4.69, 9.17) is 14.5 Å². The molecule has 3 saturated heterocycles. The van der Waals surface area contributed by atoms with E-state index in [0.29, 0.717) is 10.2 Å². The van der Waals surface area contributed by atoms with Crippen molar-refractivity contribution in [3.63, 3.8) is 0 Å². The van der Waals surface area contributed by atoms with Crippen LogP contribution in [0.4, 0.5) is 32.8 Å². The topological polar surface area (TPSA) is 111 Å². The van der Waals surface area contributed by atoms with E-state index in [1.807, 2.05) is 0 Å². The Morgan fingerprint density at radius 3 is 2.33 bits per heavy atom. The Balaban J connectivity index is 1.21. The van der Waals surface area contributed by atoms with Gasteiger partial charge in [0.1, 0.15) is 11.3 Å². The Morgan fingerprint density at radius 1 is 1.00 bits per heavy atom. The van der Waals surface area contributed by atoms with E-state index in [0.717, 1.165) is 49.6 Å². The maximum Gasteiger partial charge on any atom is 0.586 e. The lowest BCUT2D eigenvalue weighted by Crippen LogP contribution is -2.66. The molecule has 4 fully saturated rings.